The molecule has 0 saturated carbocycles. The summed E-state index contributed by atoms with van der Waals surface area (Å²) < 4.78 is 5.39. The summed E-state index contributed by atoms with van der Waals surface area (Å²) in [6, 6.07) is 1.92. The van der Waals surface area contributed by atoms with Crippen molar-refractivity contribution in [2.75, 3.05) is 7.05 Å². The average Bonchev–Trinajstić information content (AvgIpc) is 2.57. The minimum atomic E-state index is 0.0262. The van der Waals surface area contributed by atoms with Crippen molar-refractivity contribution < 1.29 is 9.21 Å². The van der Waals surface area contributed by atoms with Crippen LogP contribution in [0.2, 0.25) is 0 Å². The second kappa shape index (κ2) is 2.97. The Hall–Kier alpha value is -1.58. The van der Waals surface area contributed by atoms with Crippen molar-refractivity contribution in [3.8, 4) is 0 Å². The van der Waals surface area contributed by atoms with Gasteiger partial charge in [-0.05, 0) is 19.9 Å². The highest BCUT2D eigenvalue weighted by atomic mass is 16.3. The number of nitrogens with zero attached hydrogens (tertiary/aromatic N) is 2. The second-order valence-corrected chi connectivity index (χ2v) is 3.47. The lowest BCUT2D eigenvalue weighted by Crippen LogP contribution is -2.14. The maximum Gasteiger partial charge on any atom is 0.248 e. The van der Waals surface area contributed by atoms with Crippen molar-refractivity contribution in [3.05, 3.63) is 23.2 Å². The number of hydrogen-bond acceptors (Lipinski definition) is 3. The standard InChI is InChI=1S/C10H12N2O2/c1-6-4-8(7(2)14-6)9-5-10(13)12(3)11-9/h4H,5H2,1-3H3. The molecule has 0 atom stereocenters. The Morgan fingerprint density at radius 3 is 2.64 bits per heavy atom. The molecular formula is C10H12N2O2. The molecule has 1 amide bonds. The molecule has 0 fully saturated rings. The van der Waals surface area contributed by atoms with Crippen LogP contribution >= 0.6 is 0 Å². The van der Waals surface area contributed by atoms with Crippen LogP contribution < -0.4 is 0 Å². The summed E-state index contributed by atoms with van der Waals surface area (Å²) in [4.78, 5) is 11.3. The van der Waals surface area contributed by atoms with Gasteiger partial charge in [-0.25, -0.2) is 5.01 Å². The topological polar surface area (TPSA) is 45.8 Å². The third-order valence-corrected chi connectivity index (χ3v) is 2.30. The summed E-state index contributed by atoms with van der Waals surface area (Å²) in [5, 5.41) is 5.53. The predicted molar refractivity (Wildman–Crippen MR) is 52.1 cm³/mol. The van der Waals surface area contributed by atoms with Crippen LogP contribution in [0.3, 0.4) is 0 Å². The SMILES string of the molecule is Cc1cc(C2=NN(C)C(=O)C2)c(C)o1. The summed E-state index contributed by atoms with van der Waals surface area (Å²) in [5.41, 5.74) is 1.74. The van der Waals surface area contributed by atoms with E-state index >= 15 is 0 Å². The molecule has 4 nitrogen and oxygen atoms in total. The van der Waals surface area contributed by atoms with Gasteiger partial charge in [0.2, 0.25) is 5.91 Å². The number of carbonyl (C=O) groups is 1. The molecule has 2 rings (SSSR count). The largest absolute Gasteiger partial charge is 0.466 e. The van der Waals surface area contributed by atoms with Crippen LogP contribution in [0.4, 0.5) is 0 Å². The highest BCUT2D eigenvalue weighted by molar-refractivity contribution is 6.14. The predicted octanol–water partition coefficient (Wildman–Crippen LogP) is 1.46. The fourth-order valence-corrected chi connectivity index (χ4v) is 1.60. The van der Waals surface area contributed by atoms with Gasteiger partial charge < -0.3 is 4.42 Å². The Morgan fingerprint density at radius 2 is 2.21 bits per heavy atom. The summed E-state index contributed by atoms with van der Waals surface area (Å²) in [6.45, 7) is 3.77. The minimum absolute atomic E-state index is 0.0262. The lowest BCUT2D eigenvalue weighted by molar-refractivity contribution is -0.127. The van der Waals surface area contributed by atoms with Crippen LogP contribution in [0.25, 0.3) is 0 Å². The van der Waals surface area contributed by atoms with Crippen molar-refractivity contribution in [3.63, 3.8) is 0 Å². The Bertz CT molecular complexity index is 418. The quantitative estimate of drug-likeness (QED) is 0.676. The maximum absolute atomic E-state index is 11.3. The normalized spacial score (nSPS) is 16.4. The lowest BCUT2D eigenvalue weighted by atomic mass is 10.1. The van der Waals surface area contributed by atoms with Gasteiger partial charge in [0.05, 0.1) is 12.1 Å². The van der Waals surface area contributed by atoms with Crippen LogP contribution in [-0.2, 0) is 4.79 Å². The highest BCUT2D eigenvalue weighted by Crippen LogP contribution is 2.20. The van der Waals surface area contributed by atoms with Crippen LogP contribution in [0.1, 0.15) is 23.5 Å². The summed E-state index contributed by atoms with van der Waals surface area (Å²) in [6.07, 6.45) is 0.371. The molecule has 1 aromatic heterocycles. The van der Waals surface area contributed by atoms with Crippen LogP contribution in [0, 0.1) is 13.8 Å². The first-order valence-electron chi connectivity index (χ1n) is 4.49. The van der Waals surface area contributed by atoms with Crippen molar-refractivity contribution in [1.82, 2.24) is 5.01 Å². The summed E-state index contributed by atoms with van der Waals surface area (Å²) >= 11 is 0. The van der Waals surface area contributed by atoms with E-state index in [2.05, 4.69) is 5.10 Å². The van der Waals surface area contributed by atoms with Gasteiger partial charge in [0.15, 0.2) is 0 Å². The first-order chi connectivity index (χ1) is 6.58. The number of rotatable bonds is 1. The van der Waals surface area contributed by atoms with Gasteiger partial charge in [-0.2, -0.15) is 5.10 Å². The van der Waals surface area contributed by atoms with Gasteiger partial charge in [0.25, 0.3) is 0 Å². The Kier molecular flexibility index (Phi) is 1.91. The van der Waals surface area contributed by atoms with Crippen LogP contribution in [0.15, 0.2) is 15.6 Å². The van der Waals surface area contributed by atoms with Crippen molar-refractivity contribution >= 4 is 11.6 Å². The van der Waals surface area contributed by atoms with E-state index < -0.39 is 0 Å². The molecular weight excluding hydrogens is 180 g/mol. The van der Waals surface area contributed by atoms with Crippen molar-refractivity contribution in [2.24, 2.45) is 5.10 Å². The molecule has 14 heavy (non-hydrogen) atoms. The molecule has 1 aliphatic heterocycles. The van der Waals surface area contributed by atoms with Crippen LogP contribution in [-0.4, -0.2) is 23.7 Å². The van der Waals surface area contributed by atoms with Crippen molar-refractivity contribution in [1.29, 1.82) is 0 Å². The molecule has 0 aliphatic carbocycles. The molecule has 2 heterocycles. The first kappa shape index (κ1) is 8.99. The van der Waals surface area contributed by atoms with Gasteiger partial charge in [0, 0.05) is 12.6 Å². The monoisotopic (exact) mass is 192 g/mol. The zero-order valence-corrected chi connectivity index (χ0v) is 8.50. The molecule has 0 N–H and O–H groups in total. The second-order valence-electron chi connectivity index (χ2n) is 3.47. The number of amides is 1. The van der Waals surface area contributed by atoms with E-state index in [4.69, 9.17) is 4.42 Å². The Labute approximate surface area is 82.2 Å². The van der Waals surface area contributed by atoms with E-state index in [9.17, 15) is 4.79 Å². The molecule has 0 spiro atoms. The van der Waals surface area contributed by atoms with Gasteiger partial charge in [-0.15, -0.1) is 0 Å². The van der Waals surface area contributed by atoms with Gasteiger partial charge in [-0.1, -0.05) is 0 Å². The third-order valence-electron chi connectivity index (χ3n) is 2.30. The number of aryl methyl sites for hydroxylation is 2. The third kappa shape index (κ3) is 1.32. The van der Waals surface area contributed by atoms with E-state index in [0.717, 1.165) is 22.8 Å². The van der Waals surface area contributed by atoms with E-state index in [-0.39, 0.29) is 5.91 Å². The fourth-order valence-electron chi connectivity index (χ4n) is 1.60. The molecule has 4 heteroatoms. The number of hydrazone groups is 1. The highest BCUT2D eigenvalue weighted by Gasteiger charge is 2.23. The fraction of sp³-hybridized carbons (Fsp3) is 0.400. The van der Waals surface area contributed by atoms with Crippen molar-refractivity contribution in [2.45, 2.75) is 20.3 Å². The first-order valence-corrected chi connectivity index (χ1v) is 4.49. The van der Waals surface area contributed by atoms with Gasteiger partial charge >= 0.3 is 0 Å². The zero-order valence-electron chi connectivity index (χ0n) is 8.50. The molecule has 1 aliphatic rings. The summed E-state index contributed by atoms with van der Waals surface area (Å²) in [5.74, 6) is 1.70. The average molecular weight is 192 g/mol. The lowest BCUT2D eigenvalue weighted by Gasteiger charge is -1.98. The smallest absolute Gasteiger partial charge is 0.248 e. The number of carbonyl (C=O) groups excluding carboxylic acids is 1. The van der Waals surface area contributed by atoms with E-state index in [1.54, 1.807) is 7.05 Å². The maximum atomic E-state index is 11.3. The van der Waals surface area contributed by atoms with E-state index in [0.29, 0.717) is 6.42 Å². The molecule has 0 saturated heterocycles. The molecule has 0 unspecified atom stereocenters. The number of furan rings is 1. The Balaban J connectivity index is 2.37. The van der Waals surface area contributed by atoms with Gasteiger partial charge in [0.1, 0.15) is 11.5 Å². The van der Waals surface area contributed by atoms with Crippen LogP contribution in [0.5, 0.6) is 0 Å². The molecule has 1 aromatic rings. The summed E-state index contributed by atoms with van der Waals surface area (Å²) in [7, 11) is 1.66. The molecule has 0 aromatic carbocycles. The minimum Gasteiger partial charge on any atom is -0.466 e. The van der Waals surface area contributed by atoms with Gasteiger partial charge in [-0.3, -0.25) is 4.79 Å². The molecule has 0 radical (unpaired) electrons. The number of hydrogen-bond donors (Lipinski definition) is 0. The zero-order chi connectivity index (χ0) is 10.3. The molecule has 74 valence electrons. The van der Waals surface area contributed by atoms with E-state index in [1.165, 1.54) is 5.01 Å². The molecule has 0 bridgehead atoms. The van der Waals surface area contributed by atoms with E-state index in [1.807, 2.05) is 19.9 Å². The Morgan fingerprint density at radius 1 is 1.50 bits per heavy atom.